The minimum Gasteiger partial charge on any atom is -0.466 e. The molecule has 0 saturated heterocycles. The van der Waals surface area contributed by atoms with Crippen LogP contribution >= 0.6 is 0 Å². The standard InChI is InChI=1S/C19H32O6/c1-15(20)23-14-13-18(24-16(2)21)11-7-8-12-19(22)25-17-9-5-3-4-6-10-17/h17-18H,3-14H2,1-2H3/t18-/m1/s1. The molecule has 144 valence electrons. The van der Waals surface area contributed by atoms with Crippen molar-refractivity contribution in [2.45, 2.75) is 96.7 Å². The van der Waals surface area contributed by atoms with Gasteiger partial charge in [-0.25, -0.2) is 0 Å². The van der Waals surface area contributed by atoms with Gasteiger partial charge < -0.3 is 14.2 Å². The summed E-state index contributed by atoms with van der Waals surface area (Å²) >= 11 is 0. The second kappa shape index (κ2) is 12.7. The average molecular weight is 356 g/mol. The highest BCUT2D eigenvalue weighted by molar-refractivity contribution is 5.69. The van der Waals surface area contributed by atoms with Crippen LogP contribution in [0.4, 0.5) is 0 Å². The van der Waals surface area contributed by atoms with Crippen LogP contribution in [0.1, 0.15) is 84.5 Å². The van der Waals surface area contributed by atoms with Crippen LogP contribution < -0.4 is 0 Å². The normalized spacial score (nSPS) is 16.6. The van der Waals surface area contributed by atoms with E-state index in [1.807, 2.05) is 0 Å². The van der Waals surface area contributed by atoms with Gasteiger partial charge in [0.05, 0.1) is 6.61 Å². The summed E-state index contributed by atoms with van der Waals surface area (Å²) in [5, 5.41) is 0. The molecule has 6 nitrogen and oxygen atoms in total. The zero-order chi connectivity index (χ0) is 18.5. The monoisotopic (exact) mass is 356 g/mol. The first kappa shape index (κ1) is 21.5. The molecule has 25 heavy (non-hydrogen) atoms. The van der Waals surface area contributed by atoms with Crippen LogP contribution in [0.5, 0.6) is 0 Å². The molecule has 0 aromatic heterocycles. The zero-order valence-corrected chi connectivity index (χ0v) is 15.6. The molecule has 1 aliphatic rings. The Morgan fingerprint density at radius 1 is 0.920 bits per heavy atom. The second-order valence-corrected chi connectivity index (χ2v) is 6.71. The van der Waals surface area contributed by atoms with Crippen LogP contribution in [0.15, 0.2) is 0 Å². The van der Waals surface area contributed by atoms with E-state index >= 15 is 0 Å². The van der Waals surface area contributed by atoms with Gasteiger partial charge in [-0.1, -0.05) is 12.8 Å². The summed E-state index contributed by atoms with van der Waals surface area (Å²) < 4.78 is 15.7. The Morgan fingerprint density at radius 2 is 1.60 bits per heavy atom. The quantitative estimate of drug-likeness (QED) is 0.257. The maximum absolute atomic E-state index is 11.9. The predicted molar refractivity (Wildman–Crippen MR) is 92.9 cm³/mol. The summed E-state index contributed by atoms with van der Waals surface area (Å²) in [5.41, 5.74) is 0. The summed E-state index contributed by atoms with van der Waals surface area (Å²) in [4.78, 5) is 33.9. The summed E-state index contributed by atoms with van der Waals surface area (Å²) in [6.45, 7) is 2.95. The molecule has 0 aromatic carbocycles. The average Bonchev–Trinajstić information content (AvgIpc) is 2.79. The van der Waals surface area contributed by atoms with Crippen molar-refractivity contribution in [3.8, 4) is 0 Å². The SMILES string of the molecule is CC(=O)OCC[C@@H](CCCCC(=O)OC1CCCCCC1)OC(C)=O. The Morgan fingerprint density at radius 3 is 2.20 bits per heavy atom. The highest BCUT2D eigenvalue weighted by Crippen LogP contribution is 2.20. The van der Waals surface area contributed by atoms with Gasteiger partial charge in [0.2, 0.25) is 0 Å². The summed E-state index contributed by atoms with van der Waals surface area (Å²) in [5.74, 6) is -0.820. The molecule has 1 aliphatic carbocycles. The van der Waals surface area contributed by atoms with Gasteiger partial charge in [0.1, 0.15) is 12.2 Å². The van der Waals surface area contributed by atoms with Crippen LogP contribution in [0.2, 0.25) is 0 Å². The highest BCUT2D eigenvalue weighted by atomic mass is 16.6. The Bertz CT molecular complexity index is 412. The number of carbonyl (C=O) groups excluding carboxylic acids is 3. The number of ether oxygens (including phenoxy) is 3. The third-order valence-corrected chi connectivity index (χ3v) is 4.34. The van der Waals surface area contributed by atoms with E-state index in [2.05, 4.69) is 0 Å². The molecule has 0 spiro atoms. The van der Waals surface area contributed by atoms with Gasteiger partial charge in [-0.05, 0) is 44.9 Å². The lowest BCUT2D eigenvalue weighted by atomic mass is 10.1. The topological polar surface area (TPSA) is 78.9 Å². The van der Waals surface area contributed by atoms with Crippen molar-refractivity contribution in [2.24, 2.45) is 0 Å². The van der Waals surface area contributed by atoms with E-state index < -0.39 is 0 Å². The van der Waals surface area contributed by atoms with Crippen molar-refractivity contribution in [1.82, 2.24) is 0 Å². The van der Waals surface area contributed by atoms with Crippen molar-refractivity contribution < 1.29 is 28.6 Å². The number of esters is 3. The molecule has 1 fully saturated rings. The summed E-state index contributed by atoms with van der Waals surface area (Å²) in [7, 11) is 0. The van der Waals surface area contributed by atoms with Crippen LogP contribution in [0.25, 0.3) is 0 Å². The van der Waals surface area contributed by atoms with E-state index in [9.17, 15) is 14.4 Å². The van der Waals surface area contributed by atoms with Gasteiger partial charge in [0.25, 0.3) is 0 Å². The second-order valence-electron chi connectivity index (χ2n) is 6.71. The minimum absolute atomic E-state index is 0.0903. The first-order chi connectivity index (χ1) is 12.0. The van der Waals surface area contributed by atoms with Gasteiger partial charge >= 0.3 is 17.9 Å². The van der Waals surface area contributed by atoms with Gasteiger partial charge in [-0.15, -0.1) is 0 Å². The molecule has 0 amide bonds. The van der Waals surface area contributed by atoms with E-state index in [0.29, 0.717) is 25.7 Å². The van der Waals surface area contributed by atoms with Gasteiger partial charge in [-0.3, -0.25) is 14.4 Å². The van der Waals surface area contributed by atoms with E-state index in [1.165, 1.54) is 26.7 Å². The van der Waals surface area contributed by atoms with Crippen molar-refractivity contribution in [1.29, 1.82) is 0 Å². The lowest BCUT2D eigenvalue weighted by Gasteiger charge is -2.17. The fraction of sp³-hybridized carbons (Fsp3) is 0.842. The molecule has 0 aliphatic heterocycles. The van der Waals surface area contributed by atoms with Gasteiger partial charge in [-0.2, -0.15) is 0 Å². The molecule has 0 unspecified atom stereocenters. The first-order valence-corrected chi connectivity index (χ1v) is 9.47. The molecule has 1 rings (SSSR count). The Kier molecular flexibility index (Phi) is 10.9. The Hall–Kier alpha value is -1.59. The fourth-order valence-corrected chi connectivity index (χ4v) is 3.08. The first-order valence-electron chi connectivity index (χ1n) is 9.47. The van der Waals surface area contributed by atoms with Crippen LogP contribution in [-0.4, -0.2) is 36.7 Å². The zero-order valence-electron chi connectivity index (χ0n) is 15.6. The lowest BCUT2D eigenvalue weighted by Crippen LogP contribution is -2.20. The van der Waals surface area contributed by atoms with E-state index in [4.69, 9.17) is 14.2 Å². The third-order valence-electron chi connectivity index (χ3n) is 4.34. The van der Waals surface area contributed by atoms with Gasteiger partial charge in [0.15, 0.2) is 0 Å². The van der Waals surface area contributed by atoms with E-state index in [1.54, 1.807) is 0 Å². The summed E-state index contributed by atoms with van der Waals surface area (Å²) in [6, 6.07) is 0. The number of unbranched alkanes of at least 4 members (excludes halogenated alkanes) is 1. The fourth-order valence-electron chi connectivity index (χ4n) is 3.08. The smallest absolute Gasteiger partial charge is 0.306 e. The van der Waals surface area contributed by atoms with Crippen molar-refractivity contribution in [3.63, 3.8) is 0 Å². The third kappa shape index (κ3) is 11.6. The maximum Gasteiger partial charge on any atom is 0.306 e. The molecule has 0 radical (unpaired) electrons. The maximum atomic E-state index is 11.9. The van der Waals surface area contributed by atoms with Crippen LogP contribution in [0.3, 0.4) is 0 Å². The number of carbonyl (C=O) groups is 3. The molecular weight excluding hydrogens is 324 g/mol. The predicted octanol–water partition coefficient (Wildman–Crippen LogP) is 3.70. The van der Waals surface area contributed by atoms with E-state index in [-0.39, 0.29) is 36.7 Å². The molecule has 1 saturated carbocycles. The number of rotatable bonds is 10. The number of hydrogen-bond donors (Lipinski definition) is 0. The summed E-state index contributed by atoms with van der Waals surface area (Å²) in [6.07, 6.45) is 9.52. The lowest BCUT2D eigenvalue weighted by molar-refractivity contribution is -0.151. The largest absolute Gasteiger partial charge is 0.466 e. The molecule has 0 bridgehead atoms. The van der Waals surface area contributed by atoms with Crippen LogP contribution in [0, 0.1) is 0 Å². The molecule has 1 atom stereocenters. The number of hydrogen-bond acceptors (Lipinski definition) is 6. The van der Waals surface area contributed by atoms with Crippen molar-refractivity contribution in [2.75, 3.05) is 6.61 Å². The Balaban J connectivity index is 2.19. The van der Waals surface area contributed by atoms with Crippen molar-refractivity contribution >= 4 is 17.9 Å². The minimum atomic E-state index is -0.347. The Labute approximate surface area is 150 Å². The molecule has 6 heteroatoms. The van der Waals surface area contributed by atoms with Crippen LogP contribution in [-0.2, 0) is 28.6 Å². The molecule has 0 N–H and O–H groups in total. The van der Waals surface area contributed by atoms with Gasteiger partial charge in [0, 0.05) is 26.7 Å². The van der Waals surface area contributed by atoms with Crippen molar-refractivity contribution in [3.05, 3.63) is 0 Å². The molecular formula is C19H32O6. The highest BCUT2D eigenvalue weighted by Gasteiger charge is 2.17. The molecule has 0 aromatic rings. The molecule has 0 heterocycles. The van der Waals surface area contributed by atoms with E-state index in [0.717, 1.165) is 32.1 Å².